The number of thiophene rings is 1. The van der Waals surface area contributed by atoms with E-state index >= 15 is 0 Å². The zero-order valence-electron chi connectivity index (χ0n) is 14.6. The molecule has 0 fully saturated rings. The third-order valence-corrected chi connectivity index (χ3v) is 4.94. The molecule has 2 aromatic rings. The maximum Gasteiger partial charge on any atom is 0.319 e. The van der Waals surface area contributed by atoms with Gasteiger partial charge in [-0.15, -0.1) is 11.3 Å². The molecule has 25 heavy (non-hydrogen) atoms. The fourth-order valence-corrected chi connectivity index (χ4v) is 3.50. The monoisotopic (exact) mass is 383 g/mol. The lowest BCUT2D eigenvalue weighted by atomic mass is 10.2. The van der Waals surface area contributed by atoms with Crippen LogP contribution in [0.3, 0.4) is 0 Å². The van der Waals surface area contributed by atoms with Gasteiger partial charge in [-0.2, -0.15) is 0 Å². The highest BCUT2D eigenvalue weighted by atomic mass is 35.5. The van der Waals surface area contributed by atoms with Gasteiger partial charge in [0.05, 0.1) is 31.0 Å². The first-order valence-electron chi connectivity index (χ1n) is 7.62. The van der Waals surface area contributed by atoms with E-state index in [2.05, 4.69) is 21.6 Å². The zero-order chi connectivity index (χ0) is 18.4. The standard InChI is InChI=1S/C17H22ClN3O3S/c1-21(2)13(16-6-5-7-25-16)10-19-17(22)20-12-8-11(18)14(23-3)9-15(12)24-4/h5-9,13H,10H2,1-4H3,(H2,19,20,22). The van der Waals surface area contributed by atoms with Crippen molar-refractivity contribution in [1.29, 1.82) is 0 Å². The minimum absolute atomic E-state index is 0.104. The molecule has 6 nitrogen and oxygen atoms in total. The molecular formula is C17H22ClN3O3S. The molecule has 2 amide bonds. The number of amides is 2. The van der Waals surface area contributed by atoms with Crippen molar-refractivity contribution in [2.75, 3.05) is 40.2 Å². The highest BCUT2D eigenvalue weighted by Gasteiger charge is 2.17. The van der Waals surface area contributed by atoms with Crippen LogP contribution >= 0.6 is 22.9 Å². The van der Waals surface area contributed by atoms with Crippen molar-refractivity contribution in [1.82, 2.24) is 10.2 Å². The molecule has 0 bridgehead atoms. The van der Waals surface area contributed by atoms with E-state index in [1.54, 1.807) is 23.5 Å². The highest BCUT2D eigenvalue weighted by molar-refractivity contribution is 7.10. The van der Waals surface area contributed by atoms with Crippen LogP contribution < -0.4 is 20.1 Å². The fourth-order valence-electron chi connectivity index (χ4n) is 2.33. The Hall–Kier alpha value is -1.96. The fraction of sp³-hybridized carbons (Fsp3) is 0.353. The van der Waals surface area contributed by atoms with Gasteiger partial charge in [0.25, 0.3) is 0 Å². The van der Waals surface area contributed by atoms with Gasteiger partial charge in [0.1, 0.15) is 11.5 Å². The van der Waals surface area contributed by atoms with E-state index in [4.69, 9.17) is 21.1 Å². The van der Waals surface area contributed by atoms with Gasteiger partial charge in [-0.1, -0.05) is 17.7 Å². The van der Waals surface area contributed by atoms with Crippen molar-refractivity contribution in [3.63, 3.8) is 0 Å². The van der Waals surface area contributed by atoms with Crippen molar-refractivity contribution in [3.8, 4) is 11.5 Å². The van der Waals surface area contributed by atoms with Gasteiger partial charge < -0.3 is 25.0 Å². The van der Waals surface area contributed by atoms with Crippen molar-refractivity contribution in [3.05, 3.63) is 39.5 Å². The molecule has 0 aliphatic rings. The number of carbonyl (C=O) groups is 1. The van der Waals surface area contributed by atoms with Crippen LogP contribution in [0.5, 0.6) is 11.5 Å². The molecule has 1 aromatic heterocycles. The van der Waals surface area contributed by atoms with E-state index in [9.17, 15) is 4.79 Å². The maximum absolute atomic E-state index is 12.3. The summed E-state index contributed by atoms with van der Waals surface area (Å²) < 4.78 is 10.4. The molecule has 0 spiro atoms. The van der Waals surface area contributed by atoms with Crippen LogP contribution in [0.4, 0.5) is 10.5 Å². The first-order chi connectivity index (χ1) is 12.0. The van der Waals surface area contributed by atoms with Crippen molar-refractivity contribution in [2.45, 2.75) is 6.04 Å². The average Bonchev–Trinajstić information content (AvgIpc) is 3.09. The number of hydrogen-bond donors (Lipinski definition) is 2. The lowest BCUT2D eigenvalue weighted by Crippen LogP contribution is -2.36. The average molecular weight is 384 g/mol. The van der Waals surface area contributed by atoms with Gasteiger partial charge in [-0.3, -0.25) is 0 Å². The molecule has 8 heteroatoms. The molecule has 0 aliphatic heterocycles. The minimum Gasteiger partial charge on any atom is -0.495 e. The lowest BCUT2D eigenvalue weighted by molar-refractivity contribution is 0.244. The number of likely N-dealkylation sites (N-methyl/N-ethyl adjacent to an activating group) is 1. The number of hydrogen-bond acceptors (Lipinski definition) is 5. The SMILES string of the molecule is COc1cc(OC)c(NC(=O)NCC(c2cccs2)N(C)C)cc1Cl. The van der Waals surface area contributed by atoms with Gasteiger partial charge in [0.2, 0.25) is 0 Å². The van der Waals surface area contributed by atoms with Gasteiger partial charge >= 0.3 is 6.03 Å². The summed E-state index contributed by atoms with van der Waals surface area (Å²) in [5.74, 6) is 0.952. The Kier molecular flexibility index (Phi) is 6.92. The van der Waals surface area contributed by atoms with Crippen LogP contribution in [0.25, 0.3) is 0 Å². The Morgan fingerprint density at radius 3 is 2.56 bits per heavy atom. The highest BCUT2D eigenvalue weighted by Crippen LogP contribution is 2.35. The molecule has 2 rings (SSSR count). The van der Waals surface area contributed by atoms with E-state index in [0.717, 1.165) is 0 Å². The predicted octanol–water partition coefficient (Wildman–Crippen LogP) is 3.84. The number of benzene rings is 1. The Morgan fingerprint density at radius 2 is 2.00 bits per heavy atom. The summed E-state index contributed by atoms with van der Waals surface area (Å²) in [5, 5.41) is 8.06. The Bertz CT molecular complexity index is 707. The summed E-state index contributed by atoms with van der Waals surface area (Å²) in [5.41, 5.74) is 0.475. The maximum atomic E-state index is 12.3. The van der Waals surface area contributed by atoms with Crippen LogP contribution in [0, 0.1) is 0 Å². The molecule has 2 N–H and O–H groups in total. The summed E-state index contributed by atoms with van der Waals surface area (Å²) in [6.45, 7) is 0.478. The van der Waals surface area contributed by atoms with Crippen LogP contribution in [-0.2, 0) is 0 Å². The number of nitrogens with zero attached hydrogens (tertiary/aromatic N) is 1. The first-order valence-corrected chi connectivity index (χ1v) is 8.88. The molecule has 0 aliphatic carbocycles. The summed E-state index contributed by atoms with van der Waals surface area (Å²) in [6.07, 6.45) is 0. The molecule has 1 unspecified atom stereocenters. The second-order valence-electron chi connectivity index (χ2n) is 5.52. The van der Waals surface area contributed by atoms with Gasteiger partial charge in [0, 0.05) is 17.5 Å². The van der Waals surface area contributed by atoms with Gasteiger partial charge in [0.15, 0.2) is 0 Å². The number of rotatable bonds is 7. The van der Waals surface area contributed by atoms with Crippen LogP contribution in [-0.4, -0.2) is 45.8 Å². The van der Waals surface area contributed by atoms with E-state index in [-0.39, 0.29) is 12.1 Å². The smallest absolute Gasteiger partial charge is 0.319 e. The minimum atomic E-state index is -0.331. The van der Waals surface area contributed by atoms with E-state index in [1.807, 2.05) is 25.5 Å². The number of halogens is 1. The zero-order valence-corrected chi connectivity index (χ0v) is 16.2. The third-order valence-electron chi connectivity index (χ3n) is 3.67. The van der Waals surface area contributed by atoms with Crippen LogP contribution in [0.1, 0.15) is 10.9 Å². The Morgan fingerprint density at radius 1 is 1.28 bits per heavy atom. The molecule has 0 saturated heterocycles. The molecule has 1 heterocycles. The predicted molar refractivity (Wildman–Crippen MR) is 102 cm³/mol. The second-order valence-corrected chi connectivity index (χ2v) is 6.90. The number of ether oxygens (including phenoxy) is 2. The topological polar surface area (TPSA) is 62.8 Å². The number of nitrogens with one attached hydrogen (secondary N) is 2. The summed E-state index contributed by atoms with van der Waals surface area (Å²) in [6, 6.07) is 7.06. The summed E-state index contributed by atoms with van der Waals surface area (Å²) in [4.78, 5) is 15.5. The molecule has 136 valence electrons. The first kappa shape index (κ1) is 19.4. The number of methoxy groups -OCH3 is 2. The van der Waals surface area contributed by atoms with Crippen LogP contribution in [0.2, 0.25) is 5.02 Å². The summed E-state index contributed by atoms with van der Waals surface area (Å²) >= 11 is 7.78. The number of anilines is 1. The van der Waals surface area contributed by atoms with Crippen LogP contribution in [0.15, 0.2) is 29.6 Å². The van der Waals surface area contributed by atoms with E-state index in [0.29, 0.717) is 28.8 Å². The van der Waals surface area contributed by atoms with Gasteiger partial charge in [-0.25, -0.2) is 4.79 Å². The normalized spacial score (nSPS) is 11.9. The largest absolute Gasteiger partial charge is 0.495 e. The van der Waals surface area contributed by atoms with Gasteiger partial charge in [-0.05, 0) is 31.6 Å². The van der Waals surface area contributed by atoms with Crippen molar-refractivity contribution in [2.24, 2.45) is 0 Å². The Labute approximate surface area is 156 Å². The molecular weight excluding hydrogens is 362 g/mol. The Balaban J connectivity index is 2.03. The quantitative estimate of drug-likeness (QED) is 0.762. The molecule has 1 aromatic carbocycles. The molecule has 1 atom stereocenters. The second kappa shape index (κ2) is 8.94. The number of carbonyl (C=O) groups excluding carboxylic acids is 1. The summed E-state index contributed by atoms with van der Waals surface area (Å²) in [7, 11) is 7.00. The lowest BCUT2D eigenvalue weighted by Gasteiger charge is -2.23. The van der Waals surface area contributed by atoms with E-state index < -0.39 is 0 Å². The third kappa shape index (κ3) is 5.01. The molecule has 0 saturated carbocycles. The molecule has 0 radical (unpaired) electrons. The number of urea groups is 1. The van der Waals surface area contributed by atoms with Crippen molar-refractivity contribution >= 4 is 34.7 Å². The van der Waals surface area contributed by atoms with E-state index in [1.165, 1.54) is 19.1 Å². The van der Waals surface area contributed by atoms with Crippen molar-refractivity contribution < 1.29 is 14.3 Å².